The molecule has 2 heteroatoms. The van der Waals surface area contributed by atoms with Crippen molar-refractivity contribution in [3.63, 3.8) is 0 Å². The van der Waals surface area contributed by atoms with E-state index < -0.39 is 0 Å². The average molecular weight is 181 g/mol. The van der Waals surface area contributed by atoms with Crippen molar-refractivity contribution in [2.45, 2.75) is 0 Å². The van der Waals surface area contributed by atoms with Gasteiger partial charge in [-0.05, 0) is 23.6 Å². The van der Waals surface area contributed by atoms with Gasteiger partial charge in [-0.25, -0.2) is 0 Å². The Kier molecular flexibility index (Phi) is 2.00. The third kappa shape index (κ3) is 1.36. The van der Waals surface area contributed by atoms with Crippen LogP contribution in [0.15, 0.2) is 47.3 Å². The molecule has 0 radical (unpaired) electrons. The second kappa shape index (κ2) is 3.31. The van der Waals surface area contributed by atoms with Gasteiger partial charge >= 0.3 is 0 Å². The van der Waals surface area contributed by atoms with Crippen molar-refractivity contribution in [3.8, 4) is 6.07 Å². The average Bonchev–Trinajstić information content (AvgIpc) is 2.39. The van der Waals surface area contributed by atoms with Crippen LogP contribution < -0.4 is 5.43 Å². The number of hydrogen-bond acceptors (Lipinski definition) is 2. The fourth-order valence-corrected chi connectivity index (χ4v) is 1.39. The monoisotopic (exact) mass is 181 g/mol. The first-order chi connectivity index (χ1) is 6.81. The zero-order valence-corrected chi connectivity index (χ0v) is 7.40. The van der Waals surface area contributed by atoms with Crippen molar-refractivity contribution in [3.05, 3.63) is 58.3 Å². The standard InChI is InChI=1S/C12H7NO/c13-8-9-5-6-12(14)11-4-2-1-3-10(11)7-9/h1-7H. The molecule has 2 nitrogen and oxygen atoms in total. The smallest absolute Gasteiger partial charge is 0.186 e. The van der Waals surface area contributed by atoms with Gasteiger partial charge in [0, 0.05) is 5.39 Å². The number of rotatable bonds is 0. The van der Waals surface area contributed by atoms with Gasteiger partial charge in [0.1, 0.15) is 0 Å². The zero-order chi connectivity index (χ0) is 9.97. The van der Waals surface area contributed by atoms with Gasteiger partial charge in [-0.2, -0.15) is 5.26 Å². The molecule has 0 amide bonds. The second-order valence-corrected chi connectivity index (χ2v) is 3.00. The normalized spacial score (nSPS) is 9.64. The lowest BCUT2D eigenvalue weighted by atomic mass is 10.2. The molecule has 0 aliphatic heterocycles. The van der Waals surface area contributed by atoms with Crippen molar-refractivity contribution in [1.82, 2.24) is 0 Å². The van der Waals surface area contributed by atoms with Gasteiger partial charge < -0.3 is 0 Å². The molecule has 2 aromatic carbocycles. The van der Waals surface area contributed by atoms with Gasteiger partial charge in [0.15, 0.2) is 5.43 Å². The molecule has 0 fully saturated rings. The third-order valence-corrected chi connectivity index (χ3v) is 2.08. The molecule has 0 unspecified atom stereocenters. The molecule has 2 aromatic rings. The predicted molar refractivity (Wildman–Crippen MR) is 54.9 cm³/mol. The Labute approximate surface area is 81.0 Å². The number of nitrogens with zero attached hydrogens (tertiary/aromatic N) is 1. The summed E-state index contributed by atoms with van der Waals surface area (Å²) in [6.45, 7) is 0. The molecule has 0 aliphatic carbocycles. The van der Waals surface area contributed by atoms with Crippen LogP contribution in [0.1, 0.15) is 5.56 Å². The largest absolute Gasteiger partial charge is 0.289 e. The van der Waals surface area contributed by atoms with Crippen LogP contribution in [0.5, 0.6) is 0 Å². The van der Waals surface area contributed by atoms with Gasteiger partial charge in [-0.15, -0.1) is 0 Å². The van der Waals surface area contributed by atoms with Gasteiger partial charge in [-0.3, -0.25) is 4.79 Å². The van der Waals surface area contributed by atoms with Crippen LogP contribution in [0.4, 0.5) is 0 Å². The molecule has 0 aliphatic rings. The van der Waals surface area contributed by atoms with Crippen LogP contribution in [0.3, 0.4) is 0 Å². The summed E-state index contributed by atoms with van der Waals surface area (Å²) in [5, 5.41) is 10.2. The molecular weight excluding hydrogens is 174 g/mol. The van der Waals surface area contributed by atoms with Crippen molar-refractivity contribution >= 4 is 10.8 Å². The lowest BCUT2D eigenvalue weighted by molar-refractivity contribution is 1.50. The second-order valence-electron chi connectivity index (χ2n) is 3.00. The SMILES string of the molecule is N#Cc1ccc(=O)c2ccccc2c1. The van der Waals surface area contributed by atoms with E-state index in [1.54, 1.807) is 18.2 Å². The van der Waals surface area contributed by atoms with Crippen molar-refractivity contribution < 1.29 is 0 Å². The molecular formula is C12H7NO. The molecule has 66 valence electrons. The highest BCUT2D eigenvalue weighted by molar-refractivity contribution is 5.82. The Morgan fingerprint density at radius 2 is 1.86 bits per heavy atom. The van der Waals surface area contributed by atoms with Gasteiger partial charge in [-0.1, -0.05) is 24.3 Å². The van der Waals surface area contributed by atoms with E-state index in [0.717, 1.165) is 5.39 Å². The van der Waals surface area contributed by atoms with E-state index in [1.165, 1.54) is 6.07 Å². The summed E-state index contributed by atoms with van der Waals surface area (Å²) in [6.07, 6.45) is 0. The maximum absolute atomic E-state index is 11.5. The Hall–Kier alpha value is -2.14. The number of fused-ring (bicyclic) bond motifs is 1. The number of benzene rings is 1. The van der Waals surface area contributed by atoms with E-state index in [-0.39, 0.29) is 5.43 Å². The summed E-state index contributed by atoms with van der Waals surface area (Å²) in [5.41, 5.74) is 0.449. The number of hydrogen-bond donors (Lipinski definition) is 0. The fourth-order valence-electron chi connectivity index (χ4n) is 1.39. The summed E-state index contributed by atoms with van der Waals surface area (Å²) < 4.78 is 0. The van der Waals surface area contributed by atoms with E-state index >= 15 is 0 Å². The highest BCUT2D eigenvalue weighted by Gasteiger charge is 1.96. The maximum atomic E-state index is 11.5. The lowest BCUT2D eigenvalue weighted by Crippen LogP contribution is -1.93. The van der Waals surface area contributed by atoms with E-state index in [4.69, 9.17) is 5.26 Å². The maximum Gasteiger partial charge on any atom is 0.186 e. The van der Waals surface area contributed by atoms with Crippen molar-refractivity contribution in [2.75, 3.05) is 0 Å². The summed E-state index contributed by atoms with van der Waals surface area (Å²) in [7, 11) is 0. The van der Waals surface area contributed by atoms with Gasteiger partial charge in [0.2, 0.25) is 0 Å². The quantitative estimate of drug-likeness (QED) is 0.624. The highest BCUT2D eigenvalue weighted by Crippen LogP contribution is 2.09. The Morgan fingerprint density at radius 3 is 2.64 bits per heavy atom. The topological polar surface area (TPSA) is 40.9 Å². The molecule has 0 saturated carbocycles. The third-order valence-electron chi connectivity index (χ3n) is 2.08. The van der Waals surface area contributed by atoms with E-state index in [1.807, 2.05) is 24.3 Å². The minimum absolute atomic E-state index is 0.0536. The van der Waals surface area contributed by atoms with Crippen LogP contribution in [-0.2, 0) is 0 Å². The molecule has 14 heavy (non-hydrogen) atoms. The van der Waals surface area contributed by atoms with E-state index in [0.29, 0.717) is 10.9 Å². The Balaban J connectivity index is 3.00. The first kappa shape index (κ1) is 8.46. The van der Waals surface area contributed by atoms with Crippen LogP contribution in [-0.4, -0.2) is 0 Å². The minimum Gasteiger partial charge on any atom is -0.289 e. The van der Waals surface area contributed by atoms with Crippen LogP contribution >= 0.6 is 0 Å². The first-order valence-electron chi connectivity index (χ1n) is 4.24. The van der Waals surface area contributed by atoms with Crippen LogP contribution in [0.25, 0.3) is 10.8 Å². The van der Waals surface area contributed by atoms with Gasteiger partial charge in [0.25, 0.3) is 0 Å². The number of nitriles is 1. The van der Waals surface area contributed by atoms with Crippen molar-refractivity contribution in [1.29, 1.82) is 5.26 Å². The summed E-state index contributed by atoms with van der Waals surface area (Å²) in [4.78, 5) is 11.5. The van der Waals surface area contributed by atoms with Crippen LogP contribution in [0.2, 0.25) is 0 Å². The summed E-state index contributed by atoms with van der Waals surface area (Å²) >= 11 is 0. The molecule has 0 saturated heterocycles. The fraction of sp³-hybridized carbons (Fsp3) is 0. The highest BCUT2D eigenvalue weighted by atomic mass is 16.1. The van der Waals surface area contributed by atoms with E-state index in [2.05, 4.69) is 0 Å². The molecule has 2 rings (SSSR count). The lowest BCUT2D eigenvalue weighted by Gasteiger charge is -1.88. The zero-order valence-electron chi connectivity index (χ0n) is 7.40. The van der Waals surface area contributed by atoms with Gasteiger partial charge in [0.05, 0.1) is 11.6 Å². The van der Waals surface area contributed by atoms with Crippen LogP contribution in [0, 0.1) is 11.3 Å². The Morgan fingerprint density at radius 1 is 1.07 bits per heavy atom. The molecule has 0 N–H and O–H groups in total. The summed E-state index contributed by atoms with van der Waals surface area (Å²) in [5.74, 6) is 0. The molecule has 0 aromatic heterocycles. The molecule has 0 spiro atoms. The van der Waals surface area contributed by atoms with Crippen molar-refractivity contribution in [2.24, 2.45) is 0 Å². The summed E-state index contributed by atoms with van der Waals surface area (Å²) in [6, 6.07) is 14.0. The minimum atomic E-state index is -0.0536. The molecule has 0 bridgehead atoms. The molecule has 0 heterocycles. The Bertz CT molecular complexity index is 582. The first-order valence-corrected chi connectivity index (χ1v) is 4.24. The molecule has 0 atom stereocenters. The van der Waals surface area contributed by atoms with E-state index in [9.17, 15) is 4.79 Å². The predicted octanol–water partition coefficient (Wildman–Crippen LogP) is 2.07.